The molecule has 1 saturated carbocycles. The van der Waals surface area contributed by atoms with Crippen molar-refractivity contribution in [3.8, 4) is 0 Å². The molecule has 8 heteroatoms. The van der Waals surface area contributed by atoms with Crippen molar-refractivity contribution in [3.05, 3.63) is 58.4 Å². The maximum atomic E-state index is 13.2. The molecular weight excluding hydrogens is 442 g/mol. The summed E-state index contributed by atoms with van der Waals surface area (Å²) >= 11 is 0. The fraction of sp³-hybridized carbons (Fsp3) is 0.519. The summed E-state index contributed by atoms with van der Waals surface area (Å²) in [5.74, 6) is 0.178. The zero-order valence-corrected chi connectivity index (χ0v) is 20.9. The number of rotatable bonds is 8. The molecule has 1 atom stereocenters. The molecule has 186 valence electrons. The summed E-state index contributed by atoms with van der Waals surface area (Å²) in [5, 5.41) is 11.0. The number of esters is 1. The van der Waals surface area contributed by atoms with Gasteiger partial charge in [-0.3, -0.25) is 4.98 Å². The molecule has 1 aliphatic heterocycles. The second-order valence-electron chi connectivity index (χ2n) is 9.78. The number of ether oxygens (including phenoxy) is 1. The standard InChI is InChI=1S/C27H35N5O3/c1-4-21-14-19(10-12-29-21)9-11-27(20-7-5-6-8-20)16-23(33)22(25(34)35-27)15-24(28)32-26-30-17(2)13-18(3)31-26/h10,12-14,20,33H,4-9,11,15-16H2,1-3H3,(H2,28,30,31,32). The van der Waals surface area contributed by atoms with E-state index in [-0.39, 0.29) is 35.5 Å². The lowest BCUT2D eigenvalue weighted by Gasteiger charge is -2.42. The highest BCUT2D eigenvalue weighted by Gasteiger charge is 2.48. The van der Waals surface area contributed by atoms with Gasteiger partial charge in [-0.1, -0.05) is 19.8 Å². The highest BCUT2D eigenvalue weighted by molar-refractivity contribution is 5.98. The predicted molar refractivity (Wildman–Crippen MR) is 134 cm³/mol. The molecular formula is C27H35N5O3. The Labute approximate surface area is 206 Å². The van der Waals surface area contributed by atoms with Crippen LogP contribution in [0.15, 0.2) is 40.7 Å². The summed E-state index contributed by atoms with van der Waals surface area (Å²) in [5.41, 5.74) is 9.37. The summed E-state index contributed by atoms with van der Waals surface area (Å²) in [7, 11) is 0. The Bertz CT molecular complexity index is 1130. The molecule has 0 spiro atoms. The summed E-state index contributed by atoms with van der Waals surface area (Å²) in [6.45, 7) is 5.80. The van der Waals surface area contributed by atoms with Crippen molar-refractivity contribution in [2.75, 3.05) is 0 Å². The van der Waals surface area contributed by atoms with Gasteiger partial charge in [-0.2, -0.15) is 4.99 Å². The van der Waals surface area contributed by atoms with Crippen molar-refractivity contribution in [1.29, 1.82) is 0 Å². The summed E-state index contributed by atoms with van der Waals surface area (Å²) in [6, 6.07) is 5.97. The molecule has 2 aliphatic rings. The number of cyclic esters (lactones) is 1. The Morgan fingerprint density at radius 1 is 1.23 bits per heavy atom. The quantitative estimate of drug-likeness (QED) is 0.319. The first-order valence-electron chi connectivity index (χ1n) is 12.5. The summed E-state index contributed by atoms with van der Waals surface area (Å²) in [6.07, 6.45) is 8.66. The Hall–Kier alpha value is -3.29. The zero-order chi connectivity index (χ0) is 25.0. The SMILES string of the molecule is CCc1cc(CCC2(C3CCCC3)CC(O)=C(C/C(N)=N/c3nc(C)cc(C)n3)C(=O)O2)ccn1. The van der Waals surface area contributed by atoms with Gasteiger partial charge in [-0.15, -0.1) is 0 Å². The van der Waals surface area contributed by atoms with E-state index in [9.17, 15) is 9.90 Å². The summed E-state index contributed by atoms with van der Waals surface area (Å²) in [4.78, 5) is 30.4. The number of nitrogens with zero attached hydrogens (tertiary/aromatic N) is 4. The van der Waals surface area contributed by atoms with Crippen LogP contribution in [0.2, 0.25) is 0 Å². The number of aliphatic imine (C=N–C) groups is 1. The van der Waals surface area contributed by atoms with E-state index >= 15 is 0 Å². The lowest BCUT2D eigenvalue weighted by molar-refractivity contribution is -0.167. The number of hydrogen-bond donors (Lipinski definition) is 2. The highest BCUT2D eigenvalue weighted by atomic mass is 16.6. The largest absolute Gasteiger partial charge is 0.512 e. The monoisotopic (exact) mass is 477 g/mol. The van der Waals surface area contributed by atoms with E-state index in [0.29, 0.717) is 12.8 Å². The first kappa shape index (κ1) is 24.8. The van der Waals surface area contributed by atoms with Crippen LogP contribution >= 0.6 is 0 Å². The van der Waals surface area contributed by atoms with Gasteiger partial charge in [-0.25, -0.2) is 14.8 Å². The number of aryl methyl sites for hydroxylation is 4. The fourth-order valence-corrected chi connectivity index (χ4v) is 5.33. The number of carbonyl (C=O) groups is 1. The van der Waals surface area contributed by atoms with Crippen molar-refractivity contribution in [2.24, 2.45) is 16.6 Å². The normalized spacial score (nSPS) is 21.5. The molecule has 1 unspecified atom stereocenters. The van der Waals surface area contributed by atoms with E-state index in [0.717, 1.165) is 55.6 Å². The maximum absolute atomic E-state index is 13.2. The van der Waals surface area contributed by atoms with E-state index in [1.807, 2.05) is 32.2 Å². The summed E-state index contributed by atoms with van der Waals surface area (Å²) < 4.78 is 6.19. The van der Waals surface area contributed by atoms with Crippen LogP contribution in [0.25, 0.3) is 0 Å². The number of aliphatic hydroxyl groups is 1. The smallest absolute Gasteiger partial charge is 0.338 e. The molecule has 0 amide bonds. The number of carbonyl (C=O) groups excluding carboxylic acids is 1. The van der Waals surface area contributed by atoms with E-state index in [1.54, 1.807) is 0 Å². The number of aliphatic hydroxyl groups excluding tert-OH is 1. The van der Waals surface area contributed by atoms with Gasteiger partial charge < -0.3 is 15.6 Å². The molecule has 35 heavy (non-hydrogen) atoms. The molecule has 0 radical (unpaired) electrons. The topological polar surface area (TPSA) is 124 Å². The second kappa shape index (κ2) is 10.5. The van der Waals surface area contributed by atoms with E-state index < -0.39 is 11.6 Å². The minimum absolute atomic E-state index is 0.00796. The third-order valence-corrected chi connectivity index (χ3v) is 7.11. The third kappa shape index (κ3) is 5.86. The lowest BCUT2D eigenvalue weighted by Crippen LogP contribution is -2.46. The molecule has 2 aromatic rings. The number of aromatic nitrogens is 3. The second-order valence-corrected chi connectivity index (χ2v) is 9.78. The molecule has 3 N–H and O–H groups in total. The molecule has 4 rings (SSSR count). The predicted octanol–water partition coefficient (Wildman–Crippen LogP) is 4.75. The molecule has 1 fully saturated rings. The molecule has 3 heterocycles. The Balaban J connectivity index is 1.55. The molecule has 1 aliphatic carbocycles. The van der Waals surface area contributed by atoms with Crippen LogP contribution in [0.1, 0.15) is 74.5 Å². The van der Waals surface area contributed by atoms with Gasteiger partial charge >= 0.3 is 5.97 Å². The fourth-order valence-electron chi connectivity index (χ4n) is 5.33. The van der Waals surface area contributed by atoms with E-state index in [1.165, 1.54) is 5.56 Å². The Morgan fingerprint density at radius 3 is 2.60 bits per heavy atom. The molecule has 0 aromatic carbocycles. The van der Waals surface area contributed by atoms with Gasteiger partial charge in [-0.05, 0) is 75.6 Å². The third-order valence-electron chi connectivity index (χ3n) is 7.11. The van der Waals surface area contributed by atoms with Crippen LogP contribution in [0.5, 0.6) is 0 Å². The minimum atomic E-state index is -0.709. The van der Waals surface area contributed by atoms with Gasteiger partial charge in [0.1, 0.15) is 17.2 Å². The first-order valence-corrected chi connectivity index (χ1v) is 12.5. The number of nitrogens with two attached hydrogens (primary N) is 1. The molecule has 0 saturated heterocycles. The van der Waals surface area contributed by atoms with Crippen molar-refractivity contribution in [3.63, 3.8) is 0 Å². The van der Waals surface area contributed by atoms with Crippen molar-refractivity contribution < 1.29 is 14.6 Å². The van der Waals surface area contributed by atoms with E-state index in [2.05, 4.69) is 32.9 Å². The van der Waals surface area contributed by atoms with Crippen LogP contribution in [0.4, 0.5) is 5.95 Å². The maximum Gasteiger partial charge on any atom is 0.338 e. The van der Waals surface area contributed by atoms with Crippen LogP contribution in [-0.2, 0) is 22.4 Å². The van der Waals surface area contributed by atoms with Crippen LogP contribution < -0.4 is 5.73 Å². The molecule has 0 bridgehead atoms. The zero-order valence-electron chi connectivity index (χ0n) is 20.9. The Kier molecular flexibility index (Phi) is 7.48. The van der Waals surface area contributed by atoms with Crippen molar-refractivity contribution in [1.82, 2.24) is 15.0 Å². The van der Waals surface area contributed by atoms with Crippen molar-refractivity contribution in [2.45, 2.75) is 84.2 Å². The molecule has 8 nitrogen and oxygen atoms in total. The van der Waals surface area contributed by atoms with Gasteiger partial charge in [0.05, 0.1) is 5.57 Å². The Morgan fingerprint density at radius 2 is 1.94 bits per heavy atom. The minimum Gasteiger partial charge on any atom is -0.512 e. The van der Waals surface area contributed by atoms with Crippen LogP contribution in [0.3, 0.4) is 0 Å². The number of amidine groups is 1. The van der Waals surface area contributed by atoms with Gasteiger partial charge in [0.25, 0.3) is 5.95 Å². The van der Waals surface area contributed by atoms with Gasteiger partial charge in [0.15, 0.2) is 0 Å². The lowest BCUT2D eigenvalue weighted by atomic mass is 9.76. The van der Waals surface area contributed by atoms with E-state index in [4.69, 9.17) is 10.5 Å². The van der Waals surface area contributed by atoms with Gasteiger partial charge in [0.2, 0.25) is 0 Å². The average molecular weight is 478 g/mol. The molecule has 2 aromatic heterocycles. The van der Waals surface area contributed by atoms with Crippen LogP contribution in [0, 0.1) is 19.8 Å². The number of hydrogen-bond acceptors (Lipinski definition) is 7. The average Bonchev–Trinajstić information content (AvgIpc) is 3.35. The number of pyridine rings is 1. The first-order chi connectivity index (χ1) is 16.8. The van der Waals surface area contributed by atoms with Crippen LogP contribution in [-0.4, -0.2) is 37.5 Å². The highest BCUT2D eigenvalue weighted by Crippen LogP contribution is 2.46. The van der Waals surface area contributed by atoms with Gasteiger partial charge in [0, 0.05) is 36.1 Å². The van der Waals surface area contributed by atoms with Crippen molar-refractivity contribution >= 4 is 17.8 Å².